The summed E-state index contributed by atoms with van der Waals surface area (Å²) in [6.07, 6.45) is -0.779. The van der Waals surface area contributed by atoms with Gasteiger partial charge in [0.2, 0.25) is 15.9 Å². The summed E-state index contributed by atoms with van der Waals surface area (Å²) < 4.78 is 32.1. The van der Waals surface area contributed by atoms with Gasteiger partial charge < -0.3 is 9.64 Å². The first-order valence-electron chi connectivity index (χ1n) is 10.0. The molecule has 2 amide bonds. The fourth-order valence-corrected chi connectivity index (χ4v) is 4.46. The quantitative estimate of drug-likeness (QED) is 0.778. The number of carbonyl (C=O) groups excluding carboxylic acids is 2. The molecule has 0 saturated carbocycles. The van der Waals surface area contributed by atoms with E-state index in [0.29, 0.717) is 22.5 Å². The average molecular weight is 446 g/mol. The van der Waals surface area contributed by atoms with Crippen molar-refractivity contribution in [2.75, 3.05) is 23.4 Å². The molecule has 0 fully saturated rings. The molecule has 31 heavy (non-hydrogen) atoms. The lowest BCUT2D eigenvalue weighted by Crippen LogP contribution is -2.51. The van der Waals surface area contributed by atoms with Gasteiger partial charge in [-0.1, -0.05) is 18.2 Å². The fourth-order valence-electron chi connectivity index (χ4n) is 3.68. The zero-order chi connectivity index (χ0) is 22.9. The number of carbonyl (C=O) groups is 2. The Bertz CT molecular complexity index is 1110. The molecular formula is C22H27N3O5S. The summed E-state index contributed by atoms with van der Waals surface area (Å²) in [6, 6.07) is 11.7. The van der Waals surface area contributed by atoms with Crippen LogP contribution in [-0.4, -0.2) is 46.2 Å². The second-order valence-electron chi connectivity index (χ2n) is 7.72. The Morgan fingerprint density at radius 2 is 1.77 bits per heavy atom. The molecule has 0 unspecified atom stereocenters. The van der Waals surface area contributed by atoms with Crippen LogP contribution in [0.4, 0.5) is 16.2 Å². The average Bonchev–Trinajstić information content (AvgIpc) is 2.72. The van der Waals surface area contributed by atoms with E-state index in [4.69, 9.17) is 4.74 Å². The van der Waals surface area contributed by atoms with Crippen LogP contribution in [0.3, 0.4) is 0 Å². The van der Waals surface area contributed by atoms with Crippen molar-refractivity contribution in [2.45, 2.75) is 44.7 Å². The molecular weight excluding hydrogens is 418 g/mol. The smallest absolute Gasteiger partial charge is 0.414 e. The number of rotatable bonds is 4. The minimum Gasteiger partial charge on any atom is -0.446 e. The number of fused-ring (bicyclic) bond motifs is 1. The molecule has 1 aliphatic heterocycles. The highest BCUT2D eigenvalue weighted by Gasteiger charge is 2.34. The Morgan fingerprint density at radius 3 is 2.39 bits per heavy atom. The molecule has 1 heterocycles. The van der Waals surface area contributed by atoms with Gasteiger partial charge in [-0.3, -0.25) is 9.69 Å². The SMILES string of the molecule is CNS(=O)(=O)c1cccc(-c2ccc3c(c2)N(C(=O)OC(C)C)C[C@H](C)N3C(C)=O)c1. The van der Waals surface area contributed by atoms with E-state index in [1.807, 2.05) is 13.0 Å². The second kappa shape index (κ2) is 8.68. The topological polar surface area (TPSA) is 96.0 Å². The Balaban J connectivity index is 2.13. The van der Waals surface area contributed by atoms with Gasteiger partial charge in [0.05, 0.1) is 28.4 Å². The van der Waals surface area contributed by atoms with Crippen molar-refractivity contribution in [2.24, 2.45) is 0 Å². The number of hydrogen-bond donors (Lipinski definition) is 1. The van der Waals surface area contributed by atoms with Crippen LogP contribution in [0.25, 0.3) is 11.1 Å². The van der Waals surface area contributed by atoms with Crippen LogP contribution in [0, 0.1) is 0 Å². The van der Waals surface area contributed by atoms with E-state index in [0.717, 1.165) is 0 Å². The first-order valence-corrected chi connectivity index (χ1v) is 11.5. The second-order valence-corrected chi connectivity index (χ2v) is 9.61. The summed E-state index contributed by atoms with van der Waals surface area (Å²) in [5.41, 5.74) is 2.53. The number of amides is 2. The van der Waals surface area contributed by atoms with Crippen LogP contribution < -0.4 is 14.5 Å². The molecule has 0 spiro atoms. The van der Waals surface area contributed by atoms with E-state index in [2.05, 4.69) is 4.72 Å². The molecule has 166 valence electrons. The summed E-state index contributed by atoms with van der Waals surface area (Å²) in [6.45, 7) is 7.20. The highest BCUT2D eigenvalue weighted by atomic mass is 32.2. The first kappa shape index (κ1) is 22.8. The predicted octanol–water partition coefficient (Wildman–Crippen LogP) is 3.37. The maximum absolute atomic E-state index is 12.8. The monoisotopic (exact) mass is 445 g/mol. The van der Waals surface area contributed by atoms with Crippen molar-refractivity contribution in [1.82, 2.24) is 4.72 Å². The lowest BCUT2D eigenvalue weighted by atomic mass is 10.0. The molecule has 3 rings (SSSR count). The minimum atomic E-state index is -3.60. The Hall–Kier alpha value is -2.91. The number of hydrogen-bond acceptors (Lipinski definition) is 5. The molecule has 9 heteroatoms. The largest absolute Gasteiger partial charge is 0.446 e. The highest BCUT2D eigenvalue weighted by molar-refractivity contribution is 7.89. The Kier molecular flexibility index (Phi) is 6.38. The summed E-state index contributed by atoms with van der Waals surface area (Å²) in [4.78, 5) is 28.4. The normalized spacial score (nSPS) is 16.3. The van der Waals surface area contributed by atoms with Crippen LogP contribution in [0.2, 0.25) is 0 Å². The van der Waals surface area contributed by atoms with Crippen molar-refractivity contribution in [1.29, 1.82) is 0 Å². The van der Waals surface area contributed by atoms with Crippen molar-refractivity contribution in [3.63, 3.8) is 0 Å². The molecule has 0 aromatic heterocycles. The molecule has 0 radical (unpaired) electrons. The van der Waals surface area contributed by atoms with E-state index in [1.54, 1.807) is 49.1 Å². The summed E-state index contributed by atoms with van der Waals surface area (Å²) >= 11 is 0. The number of sulfonamides is 1. The van der Waals surface area contributed by atoms with Gasteiger partial charge in [-0.25, -0.2) is 17.9 Å². The summed E-state index contributed by atoms with van der Waals surface area (Å²) in [5, 5.41) is 0. The van der Waals surface area contributed by atoms with Crippen LogP contribution in [0.5, 0.6) is 0 Å². The lowest BCUT2D eigenvalue weighted by molar-refractivity contribution is -0.117. The zero-order valence-electron chi connectivity index (χ0n) is 18.2. The predicted molar refractivity (Wildman–Crippen MR) is 120 cm³/mol. The highest BCUT2D eigenvalue weighted by Crippen LogP contribution is 2.39. The molecule has 1 N–H and O–H groups in total. The molecule has 1 aliphatic rings. The molecule has 8 nitrogen and oxygen atoms in total. The molecule has 2 aromatic carbocycles. The van der Waals surface area contributed by atoms with E-state index in [1.165, 1.54) is 24.9 Å². The molecule has 1 atom stereocenters. The third kappa shape index (κ3) is 4.57. The molecule has 2 aromatic rings. The minimum absolute atomic E-state index is 0.125. The standard InChI is InChI=1S/C22H27N3O5S/c1-14(2)30-22(27)24-13-15(3)25(16(4)26)20-10-9-18(12-21(20)24)17-7-6-8-19(11-17)31(28,29)23-5/h6-12,14-15,23H,13H2,1-5H3/t15-/m0/s1. The number of anilines is 2. The van der Waals surface area contributed by atoms with Gasteiger partial charge in [-0.2, -0.15) is 0 Å². The van der Waals surface area contributed by atoms with Crippen molar-refractivity contribution in [3.8, 4) is 11.1 Å². The molecule has 0 aliphatic carbocycles. The van der Waals surface area contributed by atoms with Gasteiger partial charge in [0.25, 0.3) is 0 Å². The van der Waals surface area contributed by atoms with E-state index in [-0.39, 0.29) is 29.5 Å². The Morgan fingerprint density at radius 1 is 1.10 bits per heavy atom. The van der Waals surface area contributed by atoms with E-state index in [9.17, 15) is 18.0 Å². The zero-order valence-corrected chi connectivity index (χ0v) is 19.1. The van der Waals surface area contributed by atoms with Crippen molar-refractivity contribution in [3.05, 3.63) is 42.5 Å². The summed E-state index contributed by atoms with van der Waals surface area (Å²) in [7, 11) is -2.24. The molecule has 0 bridgehead atoms. The van der Waals surface area contributed by atoms with E-state index < -0.39 is 16.1 Å². The van der Waals surface area contributed by atoms with Gasteiger partial charge in [0.1, 0.15) is 0 Å². The third-order valence-corrected chi connectivity index (χ3v) is 6.47. The lowest BCUT2D eigenvalue weighted by Gasteiger charge is -2.40. The third-order valence-electron chi connectivity index (χ3n) is 5.06. The van der Waals surface area contributed by atoms with Gasteiger partial charge >= 0.3 is 6.09 Å². The van der Waals surface area contributed by atoms with Crippen LogP contribution in [0.15, 0.2) is 47.4 Å². The van der Waals surface area contributed by atoms with Gasteiger partial charge in [-0.15, -0.1) is 0 Å². The number of ether oxygens (including phenoxy) is 1. The van der Waals surface area contributed by atoms with Gasteiger partial charge in [0.15, 0.2) is 0 Å². The number of benzene rings is 2. The van der Waals surface area contributed by atoms with E-state index >= 15 is 0 Å². The summed E-state index contributed by atoms with van der Waals surface area (Å²) in [5.74, 6) is -0.125. The van der Waals surface area contributed by atoms with Gasteiger partial charge in [-0.05, 0) is 63.2 Å². The maximum Gasteiger partial charge on any atom is 0.414 e. The van der Waals surface area contributed by atoms with Crippen LogP contribution >= 0.6 is 0 Å². The van der Waals surface area contributed by atoms with Crippen molar-refractivity contribution >= 4 is 33.4 Å². The first-order chi connectivity index (χ1) is 14.5. The number of nitrogens with zero attached hydrogens (tertiary/aromatic N) is 2. The maximum atomic E-state index is 12.8. The Labute approximate surface area is 182 Å². The van der Waals surface area contributed by atoms with Crippen LogP contribution in [0.1, 0.15) is 27.7 Å². The fraction of sp³-hybridized carbons (Fsp3) is 0.364. The van der Waals surface area contributed by atoms with Crippen molar-refractivity contribution < 1.29 is 22.7 Å². The number of nitrogens with one attached hydrogen (secondary N) is 1. The van der Waals surface area contributed by atoms with Gasteiger partial charge in [0, 0.05) is 13.5 Å². The molecule has 0 saturated heterocycles. The van der Waals surface area contributed by atoms with Crippen LogP contribution in [-0.2, 0) is 19.6 Å².